The number of carbonyl (C=O) groups is 1. The van der Waals surface area contributed by atoms with E-state index in [1.807, 2.05) is 0 Å². The molecule has 0 aromatic carbocycles. The predicted molar refractivity (Wildman–Crippen MR) is 62.3 cm³/mol. The van der Waals surface area contributed by atoms with Gasteiger partial charge in [0.05, 0.1) is 6.20 Å². The third-order valence-electron chi connectivity index (χ3n) is 2.58. The number of alkyl halides is 1. The molecule has 0 saturated heterocycles. The van der Waals surface area contributed by atoms with Gasteiger partial charge in [-0.3, -0.25) is 4.79 Å². The summed E-state index contributed by atoms with van der Waals surface area (Å²) in [5, 5.41) is 6.67. The Morgan fingerprint density at radius 2 is 2.33 bits per heavy atom. The second kappa shape index (κ2) is 5.03. The minimum Gasteiger partial charge on any atom is -0.347 e. The molecule has 1 aliphatic carbocycles. The number of hydrogen-bond acceptors (Lipinski definition) is 4. The molecule has 2 unspecified atom stereocenters. The van der Waals surface area contributed by atoms with E-state index in [1.165, 1.54) is 19.0 Å². The number of nitrogens with zero attached hydrogens (tertiary/aromatic N) is 2. The first-order valence-electron chi connectivity index (χ1n) is 4.99. The van der Waals surface area contributed by atoms with Gasteiger partial charge in [0.1, 0.15) is 4.88 Å². The molecule has 1 saturated carbocycles. The third-order valence-corrected chi connectivity index (χ3v) is 4.34. The van der Waals surface area contributed by atoms with Crippen molar-refractivity contribution in [3.05, 3.63) is 11.1 Å². The van der Waals surface area contributed by atoms with Gasteiger partial charge < -0.3 is 5.32 Å². The van der Waals surface area contributed by atoms with Crippen molar-refractivity contribution in [1.29, 1.82) is 0 Å². The van der Waals surface area contributed by atoms with Crippen molar-refractivity contribution in [3.8, 4) is 0 Å². The fraction of sp³-hybridized carbons (Fsp3) is 0.667. The predicted octanol–water partition coefficient (Wildman–Crippen LogP) is 1.97. The van der Waals surface area contributed by atoms with Crippen molar-refractivity contribution in [3.63, 3.8) is 0 Å². The lowest BCUT2D eigenvalue weighted by molar-refractivity contribution is 0.0934. The van der Waals surface area contributed by atoms with Gasteiger partial charge in [-0.25, -0.2) is 0 Å². The number of amides is 1. The van der Waals surface area contributed by atoms with E-state index in [0.717, 1.165) is 24.4 Å². The maximum atomic E-state index is 11.7. The number of aromatic nitrogens is 2. The Morgan fingerprint density at radius 1 is 1.53 bits per heavy atom. The summed E-state index contributed by atoms with van der Waals surface area (Å²) in [6.07, 6.45) is 6.12. The first kappa shape index (κ1) is 11.0. The molecular weight excluding hydrogens is 278 g/mol. The van der Waals surface area contributed by atoms with Crippen LogP contribution in [0.3, 0.4) is 0 Å². The largest absolute Gasteiger partial charge is 0.347 e. The summed E-state index contributed by atoms with van der Waals surface area (Å²) in [6.45, 7) is 0. The van der Waals surface area contributed by atoms with Gasteiger partial charge in [-0.05, 0) is 24.4 Å². The van der Waals surface area contributed by atoms with Crippen LogP contribution in [0.1, 0.15) is 35.4 Å². The summed E-state index contributed by atoms with van der Waals surface area (Å²) in [7, 11) is 0. The fourth-order valence-corrected chi connectivity index (χ4v) is 2.89. The van der Waals surface area contributed by atoms with Crippen LogP contribution in [0.4, 0.5) is 0 Å². The average Bonchev–Trinajstić information content (AvgIpc) is 2.74. The molecule has 1 aromatic rings. The Bertz CT molecular complexity index is 330. The summed E-state index contributed by atoms with van der Waals surface area (Å²) in [5.41, 5.74) is 0. The molecule has 1 aliphatic rings. The van der Waals surface area contributed by atoms with E-state index in [9.17, 15) is 4.79 Å². The second-order valence-electron chi connectivity index (χ2n) is 3.66. The smallest absolute Gasteiger partial charge is 0.264 e. The number of rotatable bonds is 2. The van der Waals surface area contributed by atoms with Gasteiger partial charge in [-0.15, -0.1) is 5.10 Å². The van der Waals surface area contributed by atoms with Crippen LogP contribution >= 0.6 is 27.5 Å². The van der Waals surface area contributed by atoms with Gasteiger partial charge in [-0.1, -0.05) is 33.3 Å². The molecule has 0 aliphatic heterocycles. The van der Waals surface area contributed by atoms with Crippen molar-refractivity contribution in [2.24, 2.45) is 0 Å². The SMILES string of the molecule is O=C(NC1CCCCC1Br)c1cnns1. The van der Waals surface area contributed by atoms with Gasteiger partial charge in [-0.2, -0.15) is 0 Å². The molecule has 1 aromatic heterocycles. The van der Waals surface area contributed by atoms with Crippen LogP contribution in [0.5, 0.6) is 0 Å². The summed E-state index contributed by atoms with van der Waals surface area (Å²) in [5.74, 6) is -0.0543. The molecule has 0 radical (unpaired) electrons. The molecule has 1 amide bonds. The van der Waals surface area contributed by atoms with Crippen molar-refractivity contribution in [2.75, 3.05) is 0 Å². The molecule has 1 N–H and O–H groups in total. The van der Waals surface area contributed by atoms with Crippen molar-refractivity contribution in [2.45, 2.75) is 36.6 Å². The number of halogens is 1. The van der Waals surface area contributed by atoms with Crippen LogP contribution < -0.4 is 5.32 Å². The van der Waals surface area contributed by atoms with Crippen molar-refractivity contribution >= 4 is 33.4 Å². The molecule has 4 nitrogen and oxygen atoms in total. The van der Waals surface area contributed by atoms with E-state index >= 15 is 0 Å². The Kier molecular flexibility index (Phi) is 3.69. The highest BCUT2D eigenvalue weighted by atomic mass is 79.9. The molecular formula is C9H12BrN3OS. The Balaban J connectivity index is 1.93. The van der Waals surface area contributed by atoms with Crippen LogP contribution in [0.15, 0.2) is 6.20 Å². The van der Waals surface area contributed by atoms with Gasteiger partial charge in [0.2, 0.25) is 0 Å². The first-order chi connectivity index (χ1) is 7.27. The van der Waals surface area contributed by atoms with Crippen LogP contribution in [0.25, 0.3) is 0 Å². The minimum absolute atomic E-state index is 0.0543. The second-order valence-corrected chi connectivity index (χ2v) is 5.62. The maximum absolute atomic E-state index is 11.7. The molecule has 1 fully saturated rings. The third kappa shape index (κ3) is 2.75. The molecule has 6 heteroatoms. The van der Waals surface area contributed by atoms with Gasteiger partial charge >= 0.3 is 0 Å². The average molecular weight is 290 g/mol. The van der Waals surface area contributed by atoms with Crippen LogP contribution in [-0.2, 0) is 0 Å². The van der Waals surface area contributed by atoms with E-state index < -0.39 is 0 Å². The molecule has 2 rings (SSSR count). The zero-order chi connectivity index (χ0) is 10.7. The molecule has 15 heavy (non-hydrogen) atoms. The fourth-order valence-electron chi connectivity index (χ4n) is 1.75. The zero-order valence-corrected chi connectivity index (χ0v) is 10.6. The lowest BCUT2D eigenvalue weighted by Gasteiger charge is -2.27. The lowest BCUT2D eigenvalue weighted by atomic mass is 9.95. The molecule has 0 bridgehead atoms. The topological polar surface area (TPSA) is 54.9 Å². The standard InChI is InChI=1S/C9H12BrN3OS/c10-6-3-1-2-4-7(6)12-9(14)8-5-11-13-15-8/h5-7H,1-4H2,(H,12,14). The highest BCUT2D eigenvalue weighted by molar-refractivity contribution is 9.09. The molecule has 0 spiro atoms. The Hall–Kier alpha value is -0.490. The van der Waals surface area contributed by atoms with Gasteiger partial charge in [0, 0.05) is 10.9 Å². The van der Waals surface area contributed by atoms with E-state index in [4.69, 9.17) is 0 Å². The Morgan fingerprint density at radius 3 is 3.00 bits per heavy atom. The van der Waals surface area contributed by atoms with Crippen LogP contribution in [0.2, 0.25) is 0 Å². The maximum Gasteiger partial charge on any atom is 0.264 e. The van der Waals surface area contributed by atoms with Crippen molar-refractivity contribution in [1.82, 2.24) is 14.9 Å². The lowest BCUT2D eigenvalue weighted by Crippen LogP contribution is -2.42. The monoisotopic (exact) mass is 289 g/mol. The van der Waals surface area contributed by atoms with E-state index in [0.29, 0.717) is 9.70 Å². The Labute approximate surface area is 101 Å². The molecule has 1 heterocycles. The minimum atomic E-state index is -0.0543. The van der Waals surface area contributed by atoms with E-state index in [-0.39, 0.29) is 11.9 Å². The zero-order valence-electron chi connectivity index (χ0n) is 8.15. The number of nitrogens with one attached hydrogen (secondary N) is 1. The summed E-state index contributed by atoms with van der Waals surface area (Å²) in [4.78, 5) is 12.7. The van der Waals surface area contributed by atoms with Gasteiger partial charge in [0.15, 0.2) is 0 Å². The number of carbonyl (C=O) groups excluding carboxylic acids is 1. The van der Waals surface area contributed by atoms with Crippen molar-refractivity contribution < 1.29 is 4.79 Å². The van der Waals surface area contributed by atoms with Gasteiger partial charge in [0.25, 0.3) is 5.91 Å². The number of hydrogen-bond donors (Lipinski definition) is 1. The van der Waals surface area contributed by atoms with Crippen LogP contribution in [-0.4, -0.2) is 26.4 Å². The van der Waals surface area contributed by atoms with Crippen LogP contribution in [0, 0.1) is 0 Å². The highest BCUT2D eigenvalue weighted by Crippen LogP contribution is 2.24. The first-order valence-corrected chi connectivity index (χ1v) is 6.68. The van der Waals surface area contributed by atoms with E-state index in [2.05, 4.69) is 30.8 Å². The molecule has 82 valence electrons. The normalized spacial score (nSPS) is 26.2. The quantitative estimate of drug-likeness (QED) is 0.847. The summed E-state index contributed by atoms with van der Waals surface area (Å²) >= 11 is 4.74. The molecule has 2 atom stereocenters. The summed E-state index contributed by atoms with van der Waals surface area (Å²) < 4.78 is 3.67. The summed E-state index contributed by atoms with van der Waals surface area (Å²) in [6, 6.07) is 0.244. The van der Waals surface area contributed by atoms with E-state index in [1.54, 1.807) is 0 Å². The highest BCUT2D eigenvalue weighted by Gasteiger charge is 2.24.